The molecule has 24 heavy (non-hydrogen) atoms. The fraction of sp³-hybridized carbons (Fsp3) is 0.0526. The molecule has 0 saturated carbocycles. The van der Waals surface area contributed by atoms with Crippen molar-refractivity contribution in [1.29, 1.82) is 0 Å². The van der Waals surface area contributed by atoms with E-state index in [0.717, 1.165) is 27.9 Å². The average molecular weight is 319 g/mol. The van der Waals surface area contributed by atoms with Gasteiger partial charge in [-0.2, -0.15) is 0 Å². The Kier molecular flexibility index (Phi) is 3.46. The zero-order valence-electron chi connectivity index (χ0n) is 13.0. The summed E-state index contributed by atoms with van der Waals surface area (Å²) in [6, 6.07) is 10.4. The Balaban J connectivity index is 2.02. The number of hydrogen-bond acceptors (Lipinski definition) is 3. The Bertz CT molecular complexity index is 958. The Labute approximate surface area is 138 Å². The van der Waals surface area contributed by atoms with E-state index in [-0.39, 0.29) is 5.82 Å². The van der Waals surface area contributed by atoms with E-state index in [1.54, 1.807) is 30.7 Å². The minimum absolute atomic E-state index is 0.263. The van der Waals surface area contributed by atoms with Crippen LogP contribution < -0.4 is 0 Å². The molecule has 4 rings (SSSR count). The molecule has 1 aromatic carbocycles. The van der Waals surface area contributed by atoms with Gasteiger partial charge in [0, 0.05) is 36.8 Å². The van der Waals surface area contributed by atoms with E-state index >= 15 is 0 Å². The van der Waals surface area contributed by atoms with Crippen LogP contribution in [0.15, 0.2) is 72.0 Å². The van der Waals surface area contributed by atoms with Gasteiger partial charge >= 0.3 is 0 Å². The van der Waals surface area contributed by atoms with E-state index in [0.29, 0.717) is 5.76 Å². The average Bonchev–Trinajstić information content (AvgIpc) is 3.24. The summed E-state index contributed by atoms with van der Waals surface area (Å²) in [5.74, 6) is 0.401. The van der Waals surface area contributed by atoms with Gasteiger partial charge in [0.25, 0.3) is 0 Å². The largest absolute Gasteiger partial charge is 0.442 e. The van der Waals surface area contributed by atoms with E-state index in [9.17, 15) is 4.39 Å². The highest BCUT2D eigenvalue weighted by Crippen LogP contribution is 2.41. The number of rotatable bonds is 3. The van der Waals surface area contributed by atoms with E-state index in [1.807, 2.05) is 29.9 Å². The summed E-state index contributed by atoms with van der Waals surface area (Å²) >= 11 is 0. The number of aryl methyl sites for hydroxylation is 1. The van der Waals surface area contributed by atoms with E-state index < -0.39 is 0 Å². The molecule has 4 nitrogen and oxygen atoms in total. The highest BCUT2D eigenvalue weighted by molar-refractivity contribution is 5.92. The second kappa shape index (κ2) is 5.77. The van der Waals surface area contributed by atoms with Gasteiger partial charge in [-0.05, 0) is 35.4 Å². The maximum Gasteiger partial charge on any atom is 0.181 e. The standard InChI is InChI=1S/C19H14FN3O/c1-23-11-16(13-6-8-21-9-7-13)18(14-2-4-15(20)5-3-14)19(23)17-10-22-12-24-17/h2-12H,1H3. The zero-order valence-corrected chi connectivity index (χ0v) is 13.0. The smallest absolute Gasteiger partial charge is 0.181 e. The first-order valence-corrected chi connectivity index (χ1v) is 7.48. The third-order valence-corrected chi connectivity index (χ3v) is 3.97. The van der Waals surface area contributed by atoms with Gasteiger partial charge in [-0.15, -0.1) is 0 Å². The van der Waals surface area contributed by atoms with Gasteiger partial charge in [0.05, 0.1) is 11.9 Å². The summed E-state index contributed by atoms with van der Waals surface area (Å²) in [4.78, 5) is 8.10. The minimum Gasteiger partial charge on any atom is -0.442 e. The number of benzene rings is 1. The molecule has 0 spiro atoms. The molecular formula is C19H14FN3O. The molecule has 118 valence electrons. The summed E-state index contributed by atoms with van der Waals surface area (Å²) in [5, 5.41) is 0. The fourth-order valence-electron chi connectivity index (χ4n) is 2.92. The molecule has 3 heterocycles. The van der Waals surface area contributed by atoms with Crippen LogP contribution in [-0.2, 0) is 7.05 Å². The van der Waals surface area contributed by atoms with Crippen molar-refractivity contribution in [2.75, 3.05) is 0 Å². The number of oxazole rings is 1. The van der Waals surface area contributed by atoms with Crippen LogP contribution in [0.3, 0.4) is 0 Å². The summed E-state index contributed by atoms with van der Waals surface area (Å²) in [6.45, 7) is 0. The molecule has 0 unspecified atom stereocenters. The van der Waals surface area contributed by atoms with Crippen molar-refractivity contribution in [3.63, 3.8) is 0 Å². The van der Waals surface area contributed by atoms with Gasteiger partial charge in [0.15, 0.2) is 12.2 Å². The predicted octanol–water partition coefficient (Wildman–Crippen LogP) is 4.55. The van der Waals surface area contributed by atoms with Gasteiger partial charge in [0.1, 0.15) is 5.82 Å². The second-order valence-electron chi connectivity index (χ2n) is 5.49. The number of nitrogens with zero attached hydrogens (tertiary/aromatic N) is 3. The van der Waals surface area contributed by atoms with Crippen LogP contribution in [0, 0.1) is 5.82 Å². The molecule has 3 aromatic heterocycles. The van der Waals surface area contributed by atoms with Crippen LogP contribution in [0.1, 0.15) is 0 Å². The monoisotopic (exact) mass is 319 g/mol. The number of aromatic nitrogens is 3. The maximum absolute atomic E-state index is 13.4. The van der Waals surface area contributed by atoms with Gasteiger partial charge in [0.2, 0.25) is 0 Å². The maximum atomic E-state index is 13.4. The summed E-state index contributed by atoms with van der Waals surface area (Å²) < 4.78 is 20.9. The van der Waals surface area contributed by atoms with Crippen molar-refractivity contribution in [1.82, 2.24) is 14.5 Å². The number of halogens is 1. The molecule has 4 aromatic rings. The highest BCUT2D eigenvalue weighted by Gasteiger charge is 2.20. The molecule has 0 atom stereocenters. The second-order valence-corrected chi connectivity index (χ2v) is 5.49. The van der Waals surface area contributed by atoms with Crippen LogP contribution >= 0.6 is 0 Å². The summed E-state index contributed by atoms with van der Waals surface area (Å²) in [5.41, 5.74) is 4.84. The minimum atomic E-state index is -0.263. The molecule has 0 saturated heterocycles. The number of pyridine rings is 1. The van der Waals surface area contributed by atoms with E-state index in [1.165, 1.54) is 18.5 Å². The lowest BCUT2D eigenvalue weighted by Crippen LogP contribution is -1.90. The SMILES string of the molecule is Cn1cc(-c2ccncc2)c(-c2ccc(F)cc2)c1-c1cnco1. The molecule has 0 N–H and O–H groups in total. The lowest BCUT2D eigenvalue weighted by Gasteiger charge is -2.08. The van der Waals surface area contributed by atoms with Gasteiger partial charge in [-0.25, -0.2) is 9.37 Å². The Morgan fingerprint density at radius 3 is 2.38 bits per heavy atom. The van der Waals surface area contributed by atoms with E-state index in [4.69, 9.17) is 4.42 Å². The molecule has 0 aliphatic carbocycles. The number of hydrogen-bond donors (Lipinski definition) is 0. The van der Waals surface area contributed by atoms with Crippen molar-refractivity contribution in [3.8, 4) is 33.7 Å². The summed E-state index contributed by atoms with van der Waals surface area (Å²) in [6.07, 6.45) is 8.63. The quantitative estimate of drug-likeness (QED) is 0.556. The Morgan fingerprint density at radius 1 is 0.958 bits per heavy atom. The molecule has 0 aliphatic heterocycles. The van der Waals surface area contributed by atoms with Crippen LogP contribution in [0.4, 0.5) is 4.39 Å². The molecular weight excluding hydrogens is 305 g/mol. The molecule has 0 aliphatic rings. The van der Waals surface area contributed by atoms with Crippen molar-refractivity contribution in [3.05, 3.63) is 73.4 Å². The first-order chi connectivity index (χ1) is 11.7. The molecule has 0 bridgehead atoms. The van der Waals surface area contributed by atoms with Gasteiger partial charge in [-0.3, -0.25) is 4.98 Å². The van der Waals surface area contributed by atoms with Gasteiger partial charge < -0.3 is 8.98 Å². The lowest BCUT2D eigenvalue weighted by molar-refractivity contribution is 0.567. The van der Waals surface area contributed by atoms with Crippen molar-refractivity contribution in [2.24, 2.45) is 7.05 Å². The van der Waals surface area contributed by atoms with Crippen molar-refractivity contribution >= 4 is 0 Å². The predicted molar refractivity (Wildman–Crippen MR) is 89.5 cm³/mol. The highest BCUT2D eigenvalue weighted by atomic mass is 19.1. The van der Waals surface area contributed by atoms with E-state index in [2.05, 4.69) is 9.97 Å². The van der Waals surface area contributed by atoms with Crippen LogP contribution in [0.25, 0.3) is 33.7 Å². The van der Waals surface area contributed by atoms with Crippen LogP contribution in [0.2, 0.25) is 0 Å². The van der Waals surface area contributed by atoms with Gasteiger partial charge in [-0.1, -0.05) is 12.1 Å². The fourth-order valence-corrected chi connectivity index (χ4v) is 2.92. The molecule has 0 fully saturated rings. The molecule has 5 heteroatoms. The van der Waals surface area contributed by atoms with Crippen molar-refractivity contribution < 1.29 is 8.81 Å². The molecule has 0 amide bonds. The molecule has 0 radical (unpaired) electrons. The topological polar surface area (TPSA) is 43.9 Å². The third-order valence-electron chi connectivity index (χ3n) is 3.97. The zero-order chi connectivity index (χ0) is 16.5. The third kappa shape index (κ3) is 2.40. The lowest BCUT2D eigenvalue weighted by atomic mass is 9.96. The Hall–Kier alpha value is -3.21. The first kappa shape index (κ1) is 14.4. The van der Waals surface area contributed by atoms with Crippen LogP contribution in [0.5, 0.6) is 0 Å². The first-order valence-electron chi connectivity index (χ1n) is 7.48. The summed E-state index contributed by atoms with van der Waals surface area (Å²) in [7, 11) is 1.95. The van der Waals surface area contributed by atoms with Crippen LogP contribution in [-0.4, -0.2) is 14.5 Å². The normalized spacial score (nSPS) is 10.9. The van der Waals surface area contributed by atoms with Crippen molar-refractivity contribution in [2.45, 2.75) is 0 Å². The Morgan fingerprint density at radius 2 is 1.71 bits per heavy atom.